The lowest BCUT2D eigenvalue weighted by Gasteiger charge is -2.12. The van der Waals surface area contributed by atoms with E-state index in [9.17, 15) is 29.6 Å². The van der Waals surface area contributed by atoms with E-state index in [1.807, 2.05) is 0 Å². The minimum absolute atomic E-state index is 0.0856. The Bertz CT molecular complexity index is 1250. The summed E-state index contributed by atoms with van der Waals surface area (Å²) in [7, 11) is 0. The van der Waals surface area contributed by atoms with E-state index in [4.69, 9.17) is 5.11 Å². The Hall–Kier alpha value is -4.73. The molecule has 3 rings (SSSR count). The van der Waals surface area contributed by atoms with Crippen molar-refractivity contribution in [2.75, 3.05) is 10.6 Å². The maximum Gasteiger partial charge on any atom is 0.339 e. The first-order valence-electron chi connectivity index (χ1n) is 9.20. The van der Waals surface area contributed by atoms with Crippen molar-refractivity contribution in [1.29, 1.82) is 0 Å². The zero-order chi connectivity index (χ0) is 23.4. The van der Waals surface area contributed by atoms with E-state index in [2.05, 4.69) is 10.6 Å². The van der Waals surface area contributed by atoms with Crippen LogP contribution in [0.4, 0.5) is 17.1 Å². The Balaban J connectivity index is 1.79. The van der Waals surface area contributed by atoms with Gasteiger partial charge in [-0.3, -0.25) is 19.7 Å². The molecule has 162 valence electrons. The van der Waals surface area contributed by atoms with Gasteiger partial charge in [-0.15, -0.1) is 0 Å². The number of aromatic hydroxyl groups is 1. The van der Waals surface area contributed by atoms with Crippen LogP contribution in [0, 0.1) is 17.0 Å². The van der Waals surface area contributed by atoms with Gasteiger partial charge in [-0.05, 0) is 42.8 Å². The highest BCUT2D eigenvalue weighted by Gasteiger charge is 2.15. The van der Waals surface area contributed by atoms with E-state index < -0.39 is 28.5 Å². The number of nitro groups is 1. The first-order chi connectivity index (χ1) is 15.2. The van der Waals surface area contributed by atoms with Crippen molar-refractivity contribution >= 4 is 34.8 Å². The van der Waals surface area contributed by atoms with Crippen LogP contribution in [-0.4, -0.2) is 32.9 Å². The number of rotatable bonds is 6. The van der Waals surface area contributed by atoms with Gasteiger partial charge in [0.25, 0.3) is 17.5 Å². The van der Waals surface area contributed by atoms with Gasteiger partial charge in [-0.2, -0.15) is 0 Å². The highest BCUT2D eigenvalue weighted by atomic mass is 16.6. The molecule has 0 unspecified atom stereocenters. The second-order valence-electron chi connectivity index (χ2n) is 6.78. The number of hydrogen-bond acceptors (Lipinski definition) is 6. The summed E-state index contributed by atoms with van der Waals surface area (Å²) in [4.78, 5) is 46.4. The van der Waals surface area contributed by atoms with Gasteiger partial charge < -0.3 is 20.8 Å². The standard InChI is InChI=1S/C22H17N3O7/c1-12-5-6-14(20(27)23-15-7-8-17(22(29)30)19(26)11-15)10-18(12)24-21(28)13-3-2-4-16(9-13)25(31)32/h2-11,26H,1H3,(H,23,27)(H,24,28)(H,29,30). The number of non-ortho nitro benzene ring substituents is 1. The molecule has 32 heavy (non-hydrogen) atoms. The van der Waals surface area contributed by atoms with Crippen molar-refractivity contribution in [3.63, 3.8) is 0 Å². The molecule has 10 heteroatoms. The normalized spacial score (nSPS) is 10.3. The minimum Gasteiger partial charge on any atom is -0.507 e. The quantitative estimate of drug-likeness (QED) is 0.338. The van der Waals surface area contributed by atoms with Gasteiger partial charge in [0.1, 0.15) is 11.3 Å². The predicted molar refractivity (Wildman–Crippen MR) is 115 cm³/mol. The van der Waals surface area contributed by atoms with E-state index >= 15 is 0 Å². The monoisotopic (exact) mass is 435 g/mol. The van der Waals surface area contributed by atoms with Gasteiger partial charge in [-0.1, -0.05) is 12.1 Å². The van der Waals surface area contributed by atoms with Crippen LogP contribution in [0.15, 0.2) is 60.7 Å². The number of carbonyl (C=O) groups is 3. The Morgan fingerprint density at radius 1 is 0.906 bits per heavy atom. The molecule has 3 aromatic rings. The average Bonchev–Trinajstić information content (AvgIpc) is 2.75. The van der Waals surface area contributed by atoms with Crippen LogP contribution >= 0.6 is 0 Å². The van der Waals surface area contributed by atoms with Crippen LogP contribution in [-0.2, 0) is 0 Å². The number of nitrogens with zero attached hydrogens (tertiary/aromatic N) is 1. The molecule has 0 aliphatic carbocycles. The molecule has 4 N–H and O–H groups in total. The van der Waals surface area contributed by atoms with Gasteiger partial charge in [0.2, 0.25) is 0 Å². The molecule has 0 aliphatic heterocycles. The largest absolute Gasteiger partial charge is 0.507 e. The average molecular weight is 435 g/mol. The van der Waals surface area contributed by atoms with Crippen LogP contribution in [0.1, 0.15) is 36.6 Å². The summed E-state index contributed by atoms with van der Waals surface area (Å²) >= 11 is 0. The third-order valence-electron chi connectivity index (χ3n) is 4.55. The zero-order valence-corrected chi connectivity index (χ0v) is 16.7. The molecule has 0 spiro atoms. The number of anilines is 2. The molecule has 0 heterocycles. The molecule has 0 bridgehead atoms. The number of nitro benzene ring substituents is 1. The molecule has 0 radical (unpaired) electrons. The first-order valence-corrected chi connectivity index (χ1v) is 9.20. The lowest BCUT2D eigenvalue weighted by atomic mass is 10.1. The second kappa shape index (κ2) is 8.96. The number of carboxylic acids is 1. The van der Waals surface area contributed by atoms with E-state index in [1.54, 1.807) is 13.0 Å². The fraction of sp³-hybridized carbons (Fsp3) is 0.0455. The topological polar surface area (TPSA) is 159 Å². The van der Waals surface area contributed by atoms with Gasteiger partial charge >= 0.3 is 5.97 Å². The SMILES string of the molecule is Cc1ccc(C(=O)Nc2ccc(C(=O)O)c(O)c2)cc1NC(=O)c1cccc([N+](=O)[O-])c1. The molecule has 10 nitrogen and oxygen atoms in total. The van der Waals surface area contributed by atoms with Gasteiger partial charge in [-0.25, -0.2) is 4.79 Å². The van der Waals surface area contributed by atoms with Crippen LogP contribution in [0.5, 0.6) is 5.75 Å². The van der Waals surface area contributed by atoms with Crippen molar-refractivity contribution in [2.45, 2.75) is 6.92 Å². The number of aryl methyl sites for hydroxylation is 1. The Morgan fingerprint density at radius 3 is 2.25 bits per heavy atom. The second-order valence-corrected chi connectivity index (χ2v) is 6.78. The number of hydrogen-bond donors (Lipinski definition) is 4. The molecule has 0 saturated carbocycles. The molecule has 0 atom stereocenters. The highest BCUT2D eigenvalue weighted by Crippen LogP contribution is 2.24. The van der Waals surface area contributed by atoms with E-state index in [0.29, 0.717) is 11.3 Å². The molecule has 3 aromatic carbocycles. The smallest absolute Gasteiger partial charge is 0.339 e. The fourth-order valence-electron chi connectivity index (χ4n) is 2.85. The van der Waals surface area contributed by atoms with Crippen molar-refractivity contribution in [1.82, 2.24) is 0 Å². The number of amides is 2. The van der Waals surface area contributed by atoms with Gasteiger partial charge in [0.05, 0.1) is 4.92 Å². The lowest BCUT2D eigenvalue weighted by molar-refractivity contribution is -0.384. The van der Waals surface area contributed by atoms with Crippen LogP contribution in [0.2, 0.25) is 0 Å². The number of aromatic carboxylic acids is 1. The van der Waals surface area contributed by atoms with Gasteiger partial charge in [0, 0.05) is 40.7 Å². The molecule has 0 saturated heterocycles. The molecular weight excluding hydrogens is 418 g/mol. The Kier molecular flexibility index (Phi) is 6.15. The molecule has 2 amide bonds. The zero-order valence-electron chi connectivity index (χ0n) is 16.7. The van der Waals surface area contributed by atoms with Crippen molar-refractivity contribution in [3.8, 4) is 5.75 Å². The maximum atomic E-state index is 12.6. The summed E-state index contributed by atoms with van der Waals surface area (Å²) in [5, 5.41) is 34.8. The first kappa shape index (κ1) is 22.0. The molecule has 0 aliphatic rings. The van der Waals surface area contributed by atoms with Crippen molar-refractivity contribution in [3.05, 3.63) is 93.0 Å². The Morgan fingerprint density at radius 2 is 1.59 bits per heavy atom. The number of benzene rings is 3. The Labute approximate surface area is 181 Å². The third-order valence-corrected chi connectivity index (χ3v) is 4.55. The van der Waals surface area contributed by atoms with Crippen LogP contribution in [0.25, 0.3) is 0 Å². The fourth-order valence-corrected chi connectivity index (χ4v) is 2.85. The number of carboxylic acid groups (broad SMARTS) is 1. The number of carbonyl (C=O) groups excluding carboxylic acids is 2. The number of phenols is 1. The van der Waals surface area contributed by atoms with E-state index in [-0.39, 0.29) is 28.1 Å². The summed E-state index contributed by atoms with van der Waals surface area (Å²) in [6, 6.07) is 13.4. The summed E-state index contributed by atoms with van der Waals surface area (Å²) in [6.07, 6.45) is 0. The summed E-state index contributed by atoms with van der Waals surface area (Å²) in [5.41, 5.74) is 0.917. The predicted octanol–water partition coefficient (Wildman–Crippen LogP) is 3.81. The minimum atomic E-state index is -1.30. The number of nitrogens with one attached hydrogen (secondary N) is 2. The summed E-state index contributed by atoms with van der Waals surface area (Å²) in [6.45, 7) is 1.72. The van der Waals surface area contributed by atoms with E-state index in [0.717, 1.165) is 18.2 Å². The molecular formula is C22H17N3O7. The highest BCUT2D eigenvalue weighted by molar-refractivity contribution is 6.08. The summed E-state index contributed by atoms with van der Waals surface area (Å²) in [5.74, 6) is -2.94. The summed E-state index contributed by atoms with van der Waals surface area (Å²) < 4.78 is 0. The molecule has 0 fully saturated rings. The maximum absolute atomic E-state index is 12.6. The van der Waals surface area contributed by atoms with Crippen molar-refractivity contribution < 1.29 is 29.5 Å². The third kappa shape index (κ3) is 4.87. The van der Waals surface area contributed by atoms with Crippen LogP contribution in [0.3, 0.4) is 0 Å². The molecule has 0 aromatic heterocycles. The lowest BCUT2D eigenvalue weighted by Crippen LogP contribution is -2.15. The van der Waals surface area contributed by atoms with E-state index in [1.165, 1.54) is 36.4 Å². The van der Waals surface area contributed by atoms with Gasteiger partial charge in [0.15, 0.2) is 0 Å². The van der Waals surface area contributed by atoms with Crippen LogP contribution < -0.4 is 10.6 Å². The van der Waals surface area contributed by atoms with Crippen molar-refractivity contribution in [2.24, 2.45) is 0 Å².